The molecule has 3 N–H and O–H groups in total. The van der Waals surface area contributed by atoms with E-state index in [9.17, 15) is 45.4 Å². The number of aliphatic carboxylic acids is 1. The van der Waals surface area contributed by atoms with Crippen LogP contribution in [0.15, 0.2) is 36.4 Å². The molecule has 0 spiro atoms. The SMILES string of the molecule is CC(C)(C)[Si](C)(C)OCC#CC(CC1(c2cc(C(F)(F)F)ccc2F)CC1)C(=O)O.N#Cc1ccc(C(N)=O)cc1C(F)(F)F. The van der Waals surface area contributed by atoms with Crippen LogP contribution in [0, 0.1) is 34.9 Å². The zero-order valence-corrected chi connectivity index (χ0v) is 26.2. The molecular formula is C31H33F7N2O4Si. The molecule has 0 bridgehead atoms. The van der Waals surface area contributed by atoms with Gasteiger partial charge in [-0.3, -0.25) is 9.59 Å². The molecule has 0 aromatic heterocycles. The van der Waals surface area contributed by atoms with E-state index in [2.05, 4.69) is 45.7 Å². The van der Waals surface area contributed by atoms with E-state index in [-0.39, 0.29) is 29.2 Å². The van der Waals surface area contributed by atoms with E-state index >= 15 is 0 Å². The second-order valence-electron chi connectivity index (χ2n) is 12.2. The Balaban J connectivity index is 0.000000394. The number of hydrogen-bond acceptors (Lipinski definition) is 4. The minimum atomic E-state index is -4.67. The van der Waals surface area contributed by atoms with Crippen molar-refractivity contribution in [3.8, 4) is 17.9 Å². The number of rotatable bonds is 7. The van der Waals surface area contributed by atoms with Crippen molar-refractivity contribution < 1.29 is 49.9 Å². The number of carboxylic acid groups (broad SMARTS) is 1. The topological polar surface area (TPSA) is 113 Å². The normalized spacial score (nSPS) is 15.0. The summed E-state index contributed by atoms with van der Waals surface area (Å²) in [6.07, 6.45) is -8.44. The van der Waals surface area contributed by atoms with Crippen LogP contribution in [0.1, 0.15) is 72.6 Å². The Hall–Kier alpha value is -3.88. The van der Waals surface area contributed by atoms with Gasteiger partial charge in [0, 0.05) is 11.0 Å². The zero-order chi connectivity index (χ0) is 34.6. The molecule has 6 nitrogen and oxygen atoms in total. The molecular weight excluding hydrogens is 625 g/mol. The molecule has 1 aliphatic carbocycles. The van der Waals surface area contributed by atoms with Gasteiger partial charge in [-0.2, -0.15) is 31.6 Å². The predicted molar refractivity (Wildman–Crippen MR) is 154 cm³/mol. The van der Waals surface area contributed by atoms with Crippen LogP contribution in [-0.4, -0.2) is 31.9 Å². The van der Waals surface area contributed by atoms with Gasteiger partial charge in [0.2, 0.25) is 5.91 Å². The van der Waals surface area contributed by atoms with Crippen LogP contribution in [0.4, 0.5) is 30.7 Å². The second kappa shape index (κ2) is 13.6. The number of carboxylic acids is 1. The molecule has 3 rings (SSSR count). The van der Waals surface area contributed by atoms with E-state index < -0.39 is 66.4 Å². The lowest BCUT2D eigenvalue weighted by molar-refractivity contribution is -0.140. The molecule has 244 valence electrons. The minimum Gasteiger partial charge on any atom is -0.480 e. The first kappa shape index (κ1) is 37.3. The van der Waals surface area contributed by atoms with Gasteiger partial charge in [-0.05, 0) is 79.4 Å². The van der Waals surface area contributed by atoms with E-state index in [0.717, 1.165) is 24.3 Å². The molecule has 1 amide bonds. The molecule has 1 fully saturated rings. The highest BCUT2D eigenvalue weighted by Crippen LogP contribution is 2.54. The summed E-state index contributed by atoms with van der Waals surface area (Å²) < 4.78 is 96.5. The van der Waals surface area contributed by atoms with E-state index in [4.69, 9.17) is 15.4 Å². The summed E-state index contributed by atoms with van der Waals surface area (Å²) >= 11 is 0. The van der Waals surface area contributed by atoms with Crippen molar-refractivity contribution in [2.75, 3.05) is 6.61 Å². The second-order valence-corrected chi connectivity index (χ2v) is 17.0. The van der Waals surface area contributed by atoms with Crippen molar-refractivity contribution >= 4 is 20.2 Å². The summed E-state index contributed by atoms with van der Waals surface area (Å²) in [5.74, 6) is 1.43. The first-order valence-electron chi connectivity index (χ1n) is 13.6. The standard InChI is InChI=1S/C22H28F4O3Si.C9H5F3N2O/c1-20(2,3)30(4,5)29-12-6-7-15(19(27)28)14-21(10-11-21)17-13-16(22(24,25)26)8-9-18(17)23;10-9(11,12)7-3-5(8(14)15)1-2-6(7)4-13/h8-9,13,15H,10-12,14H2,1-5H3,(H,27,28);1-3H,(H2,14,15). The maximum atomic E-state index is 14.3. The first-order chi connectivity index (χ1) is 20.4. The largest absolute Gasteiger partial charge is 0.480 e. The van der Waals surface area contributed by atoms with Crippen molar-refractivity contribution in [1.82, 2.24) is 0 Å². The van der Waals surface area contributed by atoms with Crippen LogP contribution in [0.3, 0.4) is 0 Å². The van der Waals surface area contributed by atoms with Gasteiger partial charge >= 0.3 is 18.3 Å². The molecule has 2 aromatic rings. The first-order valence-corrected chi connectivity index (χ1v) is 16.5. The number of halogens is 7. The third-order valence-electron chi connectivity index (χ3n) is 7.93. The Kier molecular flexibility index (Phi) is 11.3. The monoisotopic (exact) mass is 658 g/mol. The lowest BCUT2D eigenvalue weighted by Crippen LogP contribution is -2.40. The van der Waals surface area contributed by atoms with E-state index in [0.29, 0.717) is 25.0 Å². The van der Waals surface area contributed by atoms with Crippen molar-refractivity contribution in [3.05, 3.63) is 70.0 Å². The van der Waals surface area contributed by atoms with E-state index in [1.807, 2.05) is 0 Å². The average molecular weight is 659 g/mol. The number of nitrogens with zero attached hydrogens (tertiary/aromatic N) is 1. The Labute approximate surface area is 257 Å². The molecule has 0 saturated heterocycles. The van der Waals surface area contributed by atoms with Crippen molar-refractivity contribution in [2.24, 2.45) is 11.7 Å². The van der Waals surface area contributed by atoms with Crippen LogP contribution < -0.4 is 5.73 Å². The fourth-order valence-corrected chi connectivity index (χ4v) is 4.93. The third kappa shape index (κ3) is 9.80. The molecule has 45 heavy (non-hydrogen) atoms. The highest BCUT2D eigenvalue weighted by atomic mass is 28.4. The quantitative estimate of drug-likeness (QED) is 0.180. The molecule has 1 unspecified atom stereocenters. The summed E-state index contributed by atoms with van der Waals surface area (Å²) in [6.45, 7) is 10.4. The number of alkyl halides is 6. The highest BCUT2D eigenvalue weighted by Gasteiger charge is 2.49. The summed E-state index contributed by atoms with van der Waals surface area (Å²) in [6, 6.07) is 6.26. The van der Waals surface area contributed by atoms with Gasteiger partial charge in [0.05, 0.1) is 29.4 Å². The fourth-order valence-electron chi connectivity index (χ4n) is 4.06. The lowest BCUT2D eigenvalue weighted by atomic mass is 9.85. The molecule has 0 radical (unpaired) electrons. The van der Waals surface area contributed by atoms with Crippen LogP contribution in [0.25, 0.3) is 0 Å². The van der Waals surface area contributed by atoms with Crippen LogP contribution in [0.5, 0.6) is 0 Å². The van der Waals surface area contributed by atoms with Crippen LogP contribution in [-0.2, 0) is 27.0 Å². The van der Waals surface area contributed by atoms with Gasteiger partial charge in [-0.25, -0.2) is 4.39 Å². The van der Waals surface area contributed by atoms with E-state index in [1.165, 1.54) is 6.07 Å². The Morgan fingerprint density at radius 2 is 1.64 bits per heavy atom. The number of hydrogen-bond donors (Lipinski definition) is 2. The van der Waals surface area contributed by atoms with E-state index in [1.54, 1.807) is 0 Å². The van der Waals surface area contributed by atoms with Crippen molar-refractivity contribution in [2.45, 2.75) is 75.9 Å². The Morgan fingerprint density at radius 3 is 2.09 bits per heavy atom. The number of nitrogens with two attached hydrogens (primary N) is 1. The van der Waals surface area contributed by atoms with Gasteiger partial charge < -0.3 is 15.3 Å². The number of primary amides is 1. The summed E-state index contributed by atoms with van der Waals surface area (Å²) in [7, 11) is -2.03. The van der Waals surface area contributed by atoms with Gasteiger partial charge in [-0.15, -0.1) is 0 Å². The fraction of sp³-hybridized carbons (Fsp3) is 0.452. The number of carbonyl (C=O) groups is 2. The smallest absolute Gasteiger partial charge is 0.417 e. The number of nitriles is 1. The van der Waals surface area contributed by atoms with Crippen LogP contribution in [0.2, 0.25) is 18.1 Å². The number of benzene rings is 2. The summed E-state index contributed by atoms with van der Waals surface area (Å²) in [5, 5.41) is 18.0. The van der Waals surface area contributed by atoms with Crippen LogP contribution >= 0.6 is 0 Å². The minimum absolute atomic E-state index is 0.0139. The average Bonchev–Trinajstić information content (AvgIpc) is 3.69. The summed E-state index contributed by atoms with van der Waals surface area (Å²) in [4.78, 5) is 22.3. The highest BCUT2D eigenvalue weighted by molar-refractivity contribution is 6.74. The third-order valence-corrected chi connectivity index (χ3v) is 12.4. The van der Waals surface area contributed by atoms with Gasteiger partial charge in [0.15, 0.2) is 8.32 Å². The molecule has 0 heterocycles. The van der Waals surface area contributed by atoms with Crippen molar-refractivity contribution in [1.29, 1.82) is 5.26 Å². The van der Waals surface area contributed by atoms with Gasteiger partial charge in [0.1, 0.15) is 11.7 Å². The Bertz CT molecular complexity index is 1520. The molecule has 14 heteroatoms. The number of carbonyl (C=O) groups excluding carboxylic acids is 1. The van der Waals surface area contributed by atoms with Gasteiger partial charge in [0.25, 0.3) is 0 Å². The molecule has 2 aromatic carbocycles. The molecule has 1 aliphatic rings. The predicted octanol–water partition coefficient (Wildman–Crippen LogP) is 7.67. The maximum absolute atomic E-state index is 14.3. The molecule has 0 aliphatic heterocycles. The molecule has 1 saturated carbocycles. The lowest BCUT2D eigenvalue weighted by Gasteiger charge is -2.35. The van der Waals surface area contributed by atoms with Crippen molar-refractivity contribution in [3.63, 3.8) is 0 Å². The zero-order valence-electron chi connectivity index (χ0n) is 25.2. The Morgan fingerprint density at radius 1 is 1.04 bits per heavy atom. The van der Waals surface area contributed by atoms with Gasteiger partial charge in [-0.1, -0.05) is 32.6 Å². The maximum Gasteiger partial charge on any atom is 0.417 e. The molecule has 1 atom stereocenters. The number of amides is 1. The summed E-state index contributed by atoms with van der Waals surface area (Å²) in [5.41, 5.74) is 0.919.